The van der Waals surface area contributed by atoms with Crippen LogP contribution in [0.1, 0.15) is 23.7 Å². The molecule has 8 nitrogen and oxygen atoms in total. The van der Waals surface area contributed by atoms with Crippen molar-refractivity contribution >= 4 is 35.1 Å². The Morgan fingerprint density at radius 2 is 2.05 bits per heavy atom. The Balaban J connectivity index is 2.38. The third-order valence-corrected chi connectivity index (χ3v) is 3.37. The van der Waals surface area contributed by atoms with Gasteiger partial charge in [0, 0.05) is 25.6 Å². The number of nitrogens with two attached hydrogens (primary N) is 1. The van der Waals surface area contributed by atoms with Crippen molar-refractivity contribution in [3.8, 4) is 0 Å². The van der Waals surface area contributed by atoms with Crippen molar-refractivity contribution in [2.45, 2.75) is 13.3 Å². The van der Waals surface area contributed by atoms with Gasteiger partial charge in [-0.3, -0.25) is 14.4 Å². The standard InChI is InChI=1S/C14H15N3O5/c1-7(18)16-9-2-3-11(10(5-9)14(21)22)17-6-8(13(15)20)4-12(17)19/h2-3,5,8H,4,6H2,1H3,(H2,15,20)(H,16,18)(H,21,22). The lowest BCUT2D eigenvalue weighted by atomic mass is 10.1. The summed E-state index contributed by atoms with van der Waals surface area (Å²) in [6.45, 7) is 1.35. The third-order valence-electron chi connectivity index (χ3n) is 3.37. The molecule has 1 aromatic carbocycles. The number of anilines is 2. The number of benzene rings is 1. The Morgan fingerprint density at radius 3 is 2.55 bits per heavy atom. The van der Waals surface area contributed by atoms with E-state index in [2.05, 4.69) is 5.32 Å². The number of hydrogen-bond donors (Lipinski definition) is 3. The molecule has 1 atom stereocenters. The lowest BCUT2D eigenvalue weighted by molar-refractivity contribution is -0.123. The molecule has 1 heterocycles. The summed E-state index contributed by atoms with van der Waals surface area (Å²) in [7, 11) is 0. The van der Waals surface area contributed by atoms with E-state index in [1.54, 1.807) is 0 Å². The van der Waals surface area contributed by atoms with Gasteiger partial charge in [0.1, 0.15) is 0 Å². The van der Waals surface area contributed by atoms with Gasteiger partial charge in [0.05, 0.1) is 17.2 Å². The van der Waals surface area contributed by atoms with E-state index in [1.807, 2.05) is 0 Å². The Morgan fingerprint density at radius 1 is 1.36 bits per heavy atom. The summed E-state index contributed by atoms with van der Waals surface area (Å²) in [5.74, 6) is -3.17. The first-order valence-electron chi connectivity index (χ1n) is 6.54. The number of nitrogens with one attached hydrogen (secondary N) is 1. The first-order chi connectivity index (χ1) is 10.3. The van der Waals surface area contributed by atoms with Crippen LogP contribution in [0.15, 0.2) is 18.2 Å². The monoisotopic (exact) mass is 305 g/mol. The van der Waals surface area contributed by atoms with Crippen molar-refractivity contribution in [2.75, 3.05) is 16.8 Å². The normalized spacial score (nSPS) is 17.4. The molecule has 0 aliphatic carbocycles. The van der Waals surface area contributed by atoms with E-state index < -0.39 is 17.8 Å². The summed E-state index contributed by atoms with van der Waals surface area (Å²) < 4.78 is 0. The first kappa shape index (κ1) is 15.5. The van der Waals surface area contributed by atoms with Crippen molar-refractivity contribution in [2.24, 2.45) is 11.7 Å². The van der Waals surface area contributed by atoms with Gasteiger partial charge in [0.25, 0.3) is 0 Å². The average molecular weight is 305 g/mol. The number of hydrogen-bond acceptors (Lipinski definition) is 4. The molecule has 116 valence electrons. The van der Waals surface area contributed by atoms with Crippen LogP contribution in [0, 0.1) is 5.92 Å². The van der Waals surface area contributed by atoms with Gasteiger partial charge in [-0.25, -0.2) is 4.79 Å². The van der Waals surface area contributed by atoms with Crippen molar-refractivity contribution in [1.82, 2.24) is 0 Å². The fourth-order valence-corrected chi connectivity index (χ4v) is 2.35. The molecule has 0 spiro atoms. The van der Waals surface area contributed by atoms with E-state index >= 15 is 0 Å². The molecule has 1 unspecified atom stereocenters. The van der Waals surface area contributed by atoms with E-state index in [0.717, 1.165) is 0 Å². The minimum atomic E-state index is -1.24. The number of rotatable bonds is 4. The number of nitrogens with zero attached hydrogens (tertiary/aromatic N) is 1. The second-order valence-corrected chi connectivity index (χ2v) is 5.03. The molecule has 0 bridgehead atoms. The van der Waals surface area contributed by atoms with Crippen molar-refractivity contribution in [1.29, 1.82) is 0 Å². The van der Waals surface area contributed by atoms with Gasteiger partial charge in [-0.2, -0.15) is 0 Å². The highest BCUT2D eigenvalue weighted by atomic mass is 16.4. The topological polar surface area (TPSA) is 130 Å². The van der Waals surface area contributed by atoms with Crippen LogP contribution in [0.2, 0.25) is 0 Å². The number of carbonyl (C=O) groups is 4. The second kappa shape index (κ2) is 5.84. The van der Waals surface area contributed by atoms with Gasteiger partial charge in [0.15, 0.2) is 0 Å². The zero-order valence-electron chi connectivity index (χ0n) is 11.8. The molecule has 0 aromatic heterocycles. The van der Waals surface area contributed by atoms with Gasteiger partial charge in [-0.15, -0.1) is 0 Å². The number of aromatic carboxylic acids is 1. The molecular formula is C14H15N3O5. The fraction of sp³-hybridized carbons (Fsp3) is 0.286. The largest absolute Gasteiger partial charge is 0.478 e. The maximum atomic E-state index is 12.0. The maximum absolute atomic E-state index is 12.0. The molecule has 8 heteroatoms. The Labute approximate surface area is 125 Å². The summed E-state index contributed by atoms with van der Waals surface area (Å²) >= 11 is 0. The van der Waals surface area contributed by atoms with Gasteiger partial charge in [-0.05, 0) is 18.2 Å². The third kappa shape index (κ3) is 3.05. The molecule has 1 saturated heterocycles. The van der Waals surface area contributed by atoms with Gasteiger partial charge < -0.3 is 21.1 Å². The van der Waals surface area contributed by atoms with Gasteiger partial charge >= 0.3 is 5.97 Å². The number of carboxylic acid groups (broad SMARTS) is 1. The smallest absolute Gasteiger partial charge is 0.337 e. The Hall–Kier alpha value is -2.90. The van der Waals surface area contributed by atoms with Crippen LogP contribution >= 0.6 is 0 Å². The lowest BCUT2D eigenvalue weighted by Crippen LogP contribution is -2.29. The molecule has 0 radical (unpaired) electrons. The van der Waals surface area contributed by atoms with Crippen molar-refractivity contribution in [3.05, 3.63) is 23.8 Å². The SMILES string of the molecule is CC(=O)Nc1ccc(N2CC(C(N)=O)CC2=O)c(C(=O)O)c1. The molecule has 1 aliphatic rings. The second-order valence-electron chi connectivity index (χ2n) is 5.03. The number of carbonyl (C=O) groups excluding carboxylic acids is 3. The number of carboxylic acids is 1. The Kier molecular flexibility index (Phi) is 4.11. The highest BCUT2D eigenvalue weighted by molar-refractivity contribution is 6.06. The zero-order valence-corrected chi connectivity index (χ0v) is 11.8. The number of primary amides is 1. The van der Waals surface area contributed by atoms with Crippen LogP contribution in [0.25, 0.3) is 0 Å². The zero-order chi connectivity index (χ0) is 16.4. The van der Waals surface area contributed by atoms with E-state index in [4.69, 9.17) is 5.73 Å². The van der Waals surface area contributed by atoms with Gasteiger partial charge in [-0.1, -0.05) is 0 Å². The van der Waals surface area contributed by atoms with E-state index in [1.165, 1.54) is 30.0 Å². The summed E-state index contributed by atoms with van der Waals surface area (Å²) in [6.07, 6.45) is -0.0398. The predicted molar refractivity (Wildman–Crippen MR) is 77.4 cm³/mol. The molecular weight excluding hydrogens is 290 g/mol. The number of amides is 3. The minimum Gasteiger partial charge on any atom is -0.478 e. The summed E-state index contributed by atoms with van der Waals surface area (Å²) in [5, 5.41) is 11.8. The quantitative estimate of drug-likeness (QED) is 0.730. The van der Waals surface area contributed by atoms with Crippen LogP contribution in [0.5, 0.6) is 0 Å². The summed E-state index contributed by atoms with van der Waals surface area (Å²) in [5.41, 5.74) is 5.55. The van der Waals surface area contributed by atoms with E-state index in [9.17, 15) is 24.3 Å². The van der Waals surface area contributed by atoms with Crippen molar-refractivity contribution in [3.63, 3.8) is 0 Å². The lowest BCUT2D eigenvalue weighted by Gasteiger charge is -2.19. The van der Waals surface area contributed by atoms with Crippen LogP contribution < -0.4 is 16.0 Å². The molecule has 22 heavy (non-hydrogen) atoms. The molecule has 0 saturated carbocycles. The Bertz CT molecular complexity index is 670. The molecule has 3 amide bonds. The first-order valence-corrected chi connectivity index (χ1v) is 6.54. The van der Waals surface area contributed by atoms with Crippen LogP contribution in [-0.2, 0) is 14.4 Å². The fourth-order valence-electron chi connectivity index (χ4n) is 2.35. The van der Waals surface area contributed by atoms with Crippen LogP contribution in [-0.4, -0.2) is 35.3 Å². The minimum absolute atomic E-state index is 0.0398. The maximum Gasteiger partial charge on any atom is 0.337 e. The highest BCUT2D eigenvalue weighted by Crippen LogP contribution is 2.30. The van der Waals surface area contributed by atoms with Crippen LogP contribution in [0.3, 0.4) is 0 Å². The summed E-state index contributed by atoms with van der Waals surface area (Å²) in [6, 6.07) is 4.19. The van der Waals surface area contributed by atoms with E-state index in [-0.39, 0.29) is 36.0 Å². The average Bonchev–Trinajstić information content (AvgIpc) is 2.80. The van der Waals surface area contributed by atoms with E-state index in [0.29, 0.717) is 5.69 Å². The molecule has 1 aromatic rings. The predicted octanol–water partition coefficient (Wildman–Crippen LogP) is 0.181. The van der Waals surface area contributed by atoms with Crippen LogP contribution in [0.4, 0.5) is 11.4 Å². The molecule has 2 rings (SSSR count). The molecule has 4 N–H and O–H groups in total. The summed E-state index contributed by atoms with van der Waals surface area (Å²) in [4.78, 5) is 46.8. The molecule has 1 aliphatic heterocycles. The van der Waals surface area contributed by atoms with Crippen molar-refractivity contribution < 1.29 is 24.3 Å². The van der Waals surface area contributed by atoms with Gasteiger partial charge in [0.2, 0.25) is 17.7 Å². The highest BCUT2D eigenvalue weighted by Gasteiger charge is 2.35. The molecule has 1 fully saturated rings.